The first kappa shape index (κ1) is 34.4. The molecule has 1 fully saturated rings. The van der Waals surface area contributed by atoms with Gasteiger partial charge in [-0.25, -0.2) is 0 Å². The Labute approximate surface area is 297 Å². The van der Waals surface area contributed by atoms with E-state index in [1.165, 1.54) is 16.9 Å². The zero-order valence-electron chi connectivity index (χ0n) is 29.4. The van der Waals surface area contributed by atoms with Crippen LogP contribution in [-0.2, 0) is 21.7 Å². The van der Waals surface area contributed by atoms with Gasteiger partial charge in [-0.15, -0.1) is 5.10 Å². The van der Waals surface area contributed by atoms with Gasteiger partial charge in [0.2, 0.25) is 0 Å². The van der Waals surface area contributed by atoms with E-state index in [4.69, 9.17) is 14.2 Å². The second-order valence-corrected chi connectivity index (χ2v) is 18.6. The number of aliphatic hydroxyl groups is 1. The van der Waals surface area contributed by atoms with E-state index in [1.54, 1.807) is 30.1 Å². The third-order valence-electron chi connectivity index (χ3n) is 10.9. The van der Waals surface area contributed by atoms with Gasteiger partial charge in [0.1, 0.15) is 5.75 Å². The zero-order chi connectivity index (χ0) is 35.9. The number of hydrogen-bond donors (Lipinski definition) is 2. The van der Waals surface area contributed by atoms with Gasteiger partial charge in [-0.2, -0.15) is 0 Å². The van der Waals surface area contributed by atoms with Crippen LogP contribution < -0.4 is 25.5 Å². The first-order valence-corrected chi connectivity index (χ1v) is 20.3. The lowest BCUT2D eigenvalue weighted by Gasteiger charge is -2.37. The van der Waals surface area contributed by atoms with Crippen molar-refractivity contribution in [1.29, 1.82) is 0 Å². The van der Waals surface area contributed by atoms with E-state index in [0.717, 1.165) is 16.9 Å². The van der Waals surface area contributed by atoms with Gasteiger partial charge in [0, 0.05) is 41.8 Å². The van der Waals surface area contributed by atoms with E-state index >= 15 is 0 Å². The summed E-state index contributed by atoms with van der Waals surface area (Å²) < 4.78 is 21.2. The highest BCUT2D eigenvalue weighted by Gasteiger charge is 2.64. The van der Waals surface area contributed by atoms with Crippen LogP contribution in [0.3, 0.4) is 0 Å². The molecular formula is C39H43N5O6Si. The summed E-state index contributed by atoms with van der Waals surface area (Å²) in [6, 6.07) is 27.0. The number of aryl methyl sites for hydroxylation is 1. The van der Waals surface area contributed by atoms with Crippen LogP contribution in [0, 0.1) is 5.92 Å². The predicted octanol–water partition coefficient (Wildman–Crippen LogP) is 4.83. The normalized spacial score (nSPS) is 21.8. The number of carbonyl (C=O) groups is 1. The van der Waals surface area contributed by atoms with E-state index in [-0.39, 0.29) is 47.3 Å². The molecular weight excluding hydrogens is 663 g/mol. The van der Waals surface area contributed by atoms with Crippen molar-refractivity contribution >= 4 is 24.9 Å². The number of rotatable bonds is 11. The maximum Gasteiger partial charge on any atom is 0.297 e. The molecule has 264 valence electrons. The highest BCUT2D eigenvalue weighted by atomic mass is 28.3. The van der Waals surface area contributed by atoms with E-state index in [1.807, 2.05) is 66.9 Å². The Morgan fingerprint density at radius 2 is 1.76 bits per heavy atom. The monoisotopic (exact) mass is 705 g/mol. The van der Waals surface area contributed by atoms with Gasteiger partial charge in [-0.1, -0.05) is 72.9 Å². The first-order valence-electron chi connectivity index (χ1n) is 17.2. The van der Waals surface area contributed by atoms with Gasteiger partial charge in [0.25, 0.3) is 11.5 Å². The molecule has 1 spiro atoms. The smallest absolute Gasteiger partial charge is 0.297 e. The van der Waals surface area contributed by atoms with Crippen LogP contribution in [-0.4, -0.2) is 65.6 Å². The predicted molar refractivity (Wildman–Crippen MR) is 197 cm³/mol. The van der Waals surface area contributed by atoms with Crippen LogP contribution in [0.15, 0.2) is 102 Å². The van der Waals surface area contributed by atoms with Crippen LogP contribution in [0.5, 0.6) is 11.5 Å². The molecule has 1 amide bonds. The molecule has 5 atom stereocenters. The quantitative estimate of drug-likeness (QED) is 0.187. The molecule has 4 heterocycles. The summed E-state index contributed by atoms with van der Waals surface area (Å²) in [5.41, 5.74) is 2.11. The summed E-state index contributed by atoms with van der Waals surface area (Å²) in [6.07, 6.45) is 3.86. The second kappa shape index (κ2) is 13.6. The Morgan fingerprint density at radius 1 is 1.00 bits per heavy atom. The number of benzene rings is 3. The Bertz CT molecular complexity index is 2100. The van der Waals surface area contributed by atoms with Crippen molar-refractivity contribution in [3.8, 4) is 17.2 Å². The Balaban J connectivity index is 1.26. The minimum absolute atomic E-state index is 0.0169. The summed E-state index contributed by atoms with van der Waals surface area (Å²) in [7, 11) is 0.767. The number of nitrogens with one attached hydrogen (secondary N) is 1. The van der Waals surface area contributed by atoms with Crippen molar-refractivity contribution < 1.29 is 24.1 Å². The van der Waals surface area contributed by atoms with Crippen LogP contribution in [0.2, 0.25) is 18.6 Å². The largest absolute Gasteiger partial charge is 0.497 e. The molecule has 1 unspecified atom stereocenters. The van der Waals surface area contributed by atoms with E-state index in [9.17, 15) is 14.7 Å². The van der Waals surface area contributed by atoms with Gasteiger partial charge < -0.3 is 24.6 Å². The number of aliphatic hydroxyl groups excluding tert-OH is 1. The van der Waals surface area contributed by atoms with Crippen molar-refractivity contribution in [3.05, 3.63) is 124 Å². The molecule has 2 aliphatic rings. The molecule has 2 aliphatic heterocycles. The lowest BCUT2D eigenvalue weighted by Crippen LogP contribution is -2.51. The van der Waals surface area contributed by atoms with Crippen molar-refractivity contribution in [1.82, 2.24) is 19.6 Å². The Hall–Kier alpha value is -5.04. The lowest BCUT2D eigenvalue weighted by molar-refractivity contribution is -0.143. The van der Waals surface area contributed by atoms with Gasteiger partial charge in [0.15, 0.2) is 11.4 Å². The minimum Gasteiger partial charge on any atom is -0.497 e. The topological polar surface area (TPSA) is 130 Å². The number of pyridine rings is 1. The molecule has 2 N–H and O–H groups in total. The average Bonchev–Trinajstić information content (AvgIpc) is 3.82. The molecule has 5 aromatic rings. The van der Waals surface area contributed by atoms with E-state index in [2.05, 4.69) is 47.8 Å². The van der Waals surface area contributed by atoms with E-state index in [0.29, 0.717) is 30.0 Å². The minimum atomic E-state index is -2.36. The molecule has 51 heavy (non-hydrogen) atoms. The van der Waals surface area contributed by atoms with E-state index < -0.39 is 13.7 Å². The lowest BCUT2D eigenvalue weighted by atomic mass is 9.82. The number of carbonyl (C=O) groups excluding carboxylic acids is 1. The zero-order valence-corrected chi connectivity index (χ0v) is 30.4. The molecule has 2 aromatic heterocycles. The molecule has 1 saturated heterocycles. The summed E-state index contributed by atoms with van der Waals surface area (Å²) in [5.74, 6) is 0.308. The highest BCUT2D eigenvalue weighted by molar-refractivity contribution is 6.91. The standard InChI is InChI=1S/C39H43N5O6Si/c1-25-36(51(4,5)29-16-14-28(48-2)15-17-29)34(19-21-43-23-33(41-42-43)30(24-45)26-10-7-6-8-11-26)50-39(25)31-22-27(13-18-32(31)40-38(39)47)44-20-9-12-35(49-3)37(44)46/h6-18,20,22-23,25,30,34,36,45H,19,21,24H2,1-5H3,(H,40,47)/t25-,30?,34+,36-,39+/m0/s1. The molecule has 7 rings (SSSR count). The summed E-state index contributed by atoms with van der Waals surface area (Å²) >= 11 is 0. The van der Waals surface area contributed by atoms with Crippen molar-refractivity contribution in [2.45, 2.75) is 56.1 Å². The van der Waals surface area contributed by atoms with Crippen molar-refractivity contribution in [3.63, 3.8) is 0 Å². The summed E-state index contributed by atoms with van der Waals surface area (Å²) in [5, 5.41) is 23.4. The molecule has 0 radical (unpaired) electrons. The number of hydrogen-bond acceptors (Lipinski definition) is 8. The Kier molecular flexibility index (Phi) is 9.17. The van der Waals surface area contributed by atoms with Gasteiger partial charge >= 0.3 is 0 Å². The molecule has 0 saturated carbocycles. The van der Waals surface area contributed by atoms with Gasteiger partial charge in [-0.3, -0.25) is 18.8 Å². The fourth-order valence-electron chi connectivity index (χ4n) is 8.27. The average molecular weight is 706 g/mol. The number of methoxy groups -OCH3 is 2. The first-order chi connectivity index (χ1) is 24.6. The fourth-order valence-corrected chi connectivity index (χ4v) is 12.3. The molecule has 12 heteroatoms. The number of amides is 1. The summed E-state index contributed by atoms with van der Waals surface area (Å²) in [6.45, 7) is 7.22. The molecule has 3 aromatic carbocycles. The van der Waals surface area contributed by atoms with Crippen LogP contribution >= 0.6 is 0 Å². The highest BCUT2D eigenvalue weighted by Crippen LogP contribution is 2.58. The number of fused-ring (bicyclic) bond motifs is 2. The Morgan fingerprint density at radius 3 is 2.47 bits per heavy atom. The SMILES string of the molecule is COc1ccc([Si](C)(C)[C@@H]2[C@@H](CCn3cc(C(CO)c4ccccc4)nn3)O[C@]3(C(=O)Nc4ccc(-n5cccc(OC)c5=O)cc43)[C@H]2C)cc1. The maximum atomic E-state index is 14.3. The molecule has 0 bridgehead atoms. The van der Waals surface area contributed by atoms with Gasteiger partial charge in [-0.05, 0) is 60.0 Å². The van der Waals surface area contributed by atoms with Crippen LogP contribution in [0.4, 0.5) is 5.69 Å². The molecule has 11 nitrogen and oxygen atoms in total. The third-order valence-corrected chi connectivity index (χ3v) is 15.3. The fraction of sp³-hybridized carbons (Fsp3) is 0.333. The number of anilines is 1. The second-order valence-electron chi connectivity index (χ2n) is 13.9. The molecule has 0 aliphatic carbocycles. The van der Waals surface area contributed by atoms with Gasteiger partial charge in [0.05, 0.1) is 46.6 Å². The maximum absolute atomic E-state index is 14.3. The summed E-state index contributed by atoms with van der Waals surface area (Å²) in [4.78, 5) is 27.5. The number of nitrogens with zero attached hydrogens (tertiary/aromatic N) is 4. The van der Waals surface area contributed by atoms with Crippen molar-refractivity contribution in [2.24, 2.45) is 5.92 Å². The van der Waals surface area contributed by atoms with Crippen molar-refractivity contribution in [2.75, 3.05) is 26.1 Å². The van der Waals surface area contributed by atoms with Crippen LogP contribution in [0.1, 0.15) is 36.1 Å². The van der Waals surface area contributed by atoms with Crippen LogP contribution in [0.25, 0.3) is 5.69 Å². The number of aromatic nitrogens is 4. The third kappa shape index (κ3) is 5.86. The number of ether oxygens (including phenoxy) is 3.